The van der Waals surface area contributed by atoms with Crippen molar-refractivity contribution in [2.75, 3.05) is 18.0 Å². The molecule has 0 spiro atoms. The number of halogens is 3. The zero-order chi connectivity index (χ0) is 22.3. The highest BCUT2D eigenvalue weighted by Gasteiger charge is 2.38. The molecule has 2 aromatic carbocycles. The van der Waals surface area contributed by atoms with E-state index in [0.29, 0.717) is 42.0 Å². The Morgan fingerprint density at radius 1 is 0.969 bits per heavy atom. The third kappa shape index (κ3) is 3.83. The number of aromatic nitrogens is 4. The first-order valence-corrected chi connectivity index (χ1v) is 10.1. The molecular weight excluding hydrogens is 423 g/mol. The van der Waals surface area contributed by atoms with E-state index in [1.54, 1.807) is 12.1 Å². The summed E-state index contributed by atoms with van der Waals surface area (Å²) in [6, 6.07) is 16.4. The molecule has 7 nitrogen and oxygen atoms in total. The van der Waals surface area contributed by atoms with Gasteiger partial charge in [-0.15, -0.1) is 15.3 Å². The fourth-order valence-corrected chi connectivity index (χ4v) is 3.90. The summed E-state index contributed by atoms with van der Waals surface area (Å²) in [6.45, 7) is 0.943. The van der Waals surface area contributed by atoms with E-state index in [9.17, 15) is 18.0 Å². The highest BCUT2D eigenvalue weighted by molar-refractivity contribution is 5.85. The van der Waals surface area contributed by atoms with Crippen molar-refractivity contribution in [2.45, 2.75) is 19.0 Å². The van der Waals surface area contributed by atoms with E-state index in [4.69, 9.17) is 4.74 Å². The van der Waals surface area contributed by atoms with Crippen LogP contribution in [0.2, 0.25) is 0 Å². The normalized spacial score (nSPS) is 15.4. The van der Waals surface area contributed by atoms with Gasteiger partial charge in [-0.25, -0.2) is 0 Å². The Kier molecular flexibility index (Phi) is 4.91. The number of fused-ring (bicyclic) bond motifs is 2. The summed E-state index contributed by atoms with van der Waals surface area (Å²) >= 11 is 0. The van der Waals surface area contributed by atoms with E-state index >= 15 is 0 Å². The summed E-state index contributed by atoms with van der Waals surface area (Å²) in [7, 11) is 0. The minimum absolute atomic E-state index is 0.0231. The number of ether oxygens (including phenoxy) is 1. The lowest BCUT2D eigenvalue weighted by molar-refractivity contribution is -0.146. The van der Waals surface area contributed by atoms with Crippen LogP contribution in [0.25, 0.3) is 16.4 Å². The van der Waals surface area contributed by atoms with Gasteiger partial charge in [-0.05, 0) is 47.9 Å². The first-order valence-electron chi connectivity index (χ1n) is 10.1. The molecule has 10 heteroatoms. The molecule has 2 aromatic heterocycles. The number of esters is 1. The summed E-state index contributed by atoms with van der Waals surface area (Å²) in [5.41, 5.74) is 0.0231. The fraction of sp³-hybridized carbons (Fsp3) is 0.273. The van der Waals surface area contributed by atoms with Crippen molar-refractivity contribution in [3.05, 3.63) is 60.4 Å². The molecular formula is C22H18F3N5O2. The summed E-state index contributed by atoms with van der Waals surface area (Å²) < 4.78 is 45.6. The van der Waals surface area contributed by atoms with Gasteiger partial charge < -0.3 is 9.64 Å². The zero-order valence-electron chi connectivity index (χ0n) is 16.8. The van der Waals surface area contributed by atoms with E-state index in [0.717, 1.165) is 10.8 Å². The zero-order valence-corrected chi connectivity index (χ0v) is 16.8. The average molecular weight is 441 g/mol. The molecule has 0 N–H and O–H groups in total. The van der Waals surface area contributed by atoms with Gasteiger partial charge in [-0.3, -0.25) is 4.79 Å². The molecule has 5 rings (SSSR count). The van der Waals surface area contributed by atoms with Gasteiger partial charge in [0.05, 0.1) is 5.92 Å². The number of anilines is 1. The van der Waals surface area contributed by atoms with E-state index < -0.39 is 12.0 Å². The van der Waals surface area contributed by atoms with Gasteiger partial charge in [0.2, 0.25) is 0 Å². The lowest BCUT2D eigenvalue weighted by Crippen LogP contribution is -2.38. The molecule has 0 amide bonds. The van der Waals surface area contributed by atoms with Crippen LogP contribution >= 0.6 is 0 Å². The molecule has 164 valence electrons. The van der Waals surface area contributed by atoms with E-state index in [-0.39, 0.29) is 17.5 Å². The molecule has 1 fully saturated rings. The second kappa shape index (κ2) is 7.77. The van der Waals surface area contributed by atoms with Crippen LogP contribution in [0, 0.1) is 5.92 Å². The van der Waals surface area contributed by atoms with Crippen LogP contribution in [0.1, 0.15) is 18.7 Å². The Bertz CT molecular complexity index is 1300. The van der Waals surface area contributed by atoms with Crippen LogP contribution in [-0.2, 0) is 11.0 Å². The maximum atomic E-state index is 13.1. The van der Waals surface area contributed by atoms with Gasteiger partial charge in [0, 0.05) is 13.1 Å². The first-order chi connectivity index (χ1) is 15.4. The third-order valence-corrected chi connectivity index (χ3v) is 5.59. The first kappa shape index (κ1) is 20.2. The second-order valence-corrected chi connectivity index (χ2v) is 7.67. The maximum Gasteiger partial charge on any atom is 0.453 e. The fourth-order valence-electron chi connectivity index (χ4n) is 3.90. The molecule has 0 unspecified atom stereocenters. The SMILES string of the molecule is O=C(Oc1ccc2ccccc2c1)C1CCN(c2ccc3nnc(C(F)(F)F)n3n2)CC1. The number of piperidine rings is 1. The lowest BCUT2D eigenvalue weighted by Gasteiger charge is -2.31. The quantitative estimate of drug-likeness (QED) is 0.352. The topological polar surface area (TPSA) is 72.6 Å². The monoisotopic (exact) mass is 441 g/mol. The summed E-state index contributed by atoms with van der Waals surface area (Å²) in [4.78, 5) is 14.5. The Morgan fingerprint density at radius 3 is 2.47 bits per heavy atom. The van der Waals surface area contributed by atoms with Gasteiger partial charge in [0.25, 0.3) is 5.82 Å². The molecule has 0 saturated carbocycles. The van der Waals surface area contributed by atoms with Gasteiger partial charge in [0.15, 0.2) is 5.65 Å². The highest BCUT2D eigenvalue weighted by atomic mass is 19.4. The van der Waals surface area contributed by atoms with E-state index in [1.165, 1.54) is 6.07 Å². The average Bonchev–Trinajstić information content (AvgIpc) is 3.23. The number of hydrogen-bond donors (Lipinski definition) is 0. The van der Waals surface area contributed by atoms with Gasteiger partial charge in [-0.1, -0.05) is 30.3 Å². The molecule has 1 saturated heterocycles. The number of alkyl halides is 3. The number of carbonyl (C=O) groups is 1. The summed E-state index contributed by atoms with van der Waals surface area (Å²) in [6.07, 6.45) is -3.62. The standard InChI is InChI=1S/C22H18F3N5O2/c23-22(24,25)21-27-26-18-7-8-19(28-30(18)21)29-11-9-15(10-12-29)20(31)32-17-6-5-14-3-1-2-4-16(14)13-17/h1-8,13,15H,9-12H2. The van der Waals surface area contributed by atoms with Crippen LogP contribution in [0.15, 0.2) is 54.6 Å². The summed E-state index contributed by atoms with van der Waals surface area (Å²) in [5, 5.41) is 12.8. The molecule has 0 radical (unpaired) electrons. The van der Waals surface area contributed by atoms with Crippen LogP contribution < -0.4 is 9.64 Å². The van der Waals surface area contributed by atoms with Gasteiger partial charge >= 0.3 is 12.1 Å². The lowest BCUT2D eigenvalue weighted by atomic mass is 9.97. The van der Waals surface area contributed by atoms with Crippen LogP contribution in [0.3, 0.4) is 0 Å². The van der Waals surface area contributed by atoms with Crippen molar-refractivity contribution in [3.63, 3.8) is 0 Å². The van der Waals surface area contributed by atoms with Crippen molar-refractivity contribution in [1.82, 2.24) is 19.8 Å². The maximum absolute atomic E-state index is 13.1. The number of nitrogens with zero attached hydrogens (tertiary/aromatic N) is 5. The van der Waals surface area contributed by atoms with Gasteiger partial charge in [0.1, 0.15) is 11.6 Å². The molecule has 0 atom stereocenters. The van der Waals surface area contributed by atoms with E-state index in [2.05, 4.69) is 15.3 Å². The smallest absolute Gasteiger partial charge is 0.426 e. The van der Waals surface area contributed by atoms with Crippen LogP contribution in [-0.4, -0.2) is 38.9 Å². The van der Waals surface area contributed by atoms with Crippen molar-refractivity contribution >= 4 is 28.2 Å². The minimum Gasteiger partial charge on any atom is -0.426 e. The van der Waals surface area contributed by atoms with Crippen molar-refractivity contribution in [2.24, 2.45) is 5.92 Å². The van der Waals surface area contributed by atoms with E-state index in [1.807, 2.05) is 41.3 Å². The Balaban J connectivity index is 1.26. The Morgan fingerprint density at radius 2 is 1.72 bits per heavy atom. The molecule has 1 aliphatic heterocycles. The van der Waals surface area contributed by atoms with Crippen molar-refractivity contribution in [3.8, 4) is 5.75 Å². The molecule has 0 bridgehead atoms. The largest absolute Gasteiger partial charge is 0.453 e. The number of hydrogen-bond acceptors (Lipinski definition) is 6. The molecule has 1 aliphatic rings. The predicted molar refractivity (Wildman–Crippen MR) is 110 cm³/mol. The molecule has 4 aromatic rings. The van der Waals surface area contributed by atoms with Crippen LogP contribution in [0.5, 0.6) is 5.75 Å². The summed E-state index contributed by atoms with van der Waals surface area (Å²) in [5.74, 6) is -0.883. The number of carbonyl (C=O) groups excluding carboxylic acids is 1. The Hall–Kier alpha value is -3.69. The minimum atomic E-state index is -4.65. The second-order valence-electron chi connectivity index (χ2n) is 7.67. The van der Waals surface area contributed by atoms with Crippen molar-refractivity contribution in [1.29, 1.82) is 0 Å². The van der Waals surface area contributed by atoms with Crippen molar-refractivity contribution < 1.29 is 22.7 Å². The number of rotatable bonds is 3. The molecule has 32 heavy (non-hydrogen) atoms. The highest BCUT2D eigenvalue weighted by Crippen LogP contribution is 2.29. The predicted octanol–water partition coefficient (Wildman–Crippen LogP) is 4.12. The Labute approximate surface area is 180 Å². The molecule has 0 aliphatic carbocycles. The van der Waals surface area contributed by atoms with Gasteiger partial charge in [-0.2, -0.15) is 17.7 Å². The number of benzene rings is 2. The van der Waals surface area contributed by atoms with Crippen LogP contribution in [0.4, 0.5) is 19.0 Å². The molecule has 3 heterocycles. The third-order valence-electron chi connectivity index (χ3n) is 5.59.